The van der Waals surface area contributed by atoms with Crippen molar-refractivity contribution in [2.45, 2.75) is 6.92 Å². The number of carbonyl (C=O) groups is 1. The van der Waals surface area contributed by atoms with E-state index in [2.05, 4.69) is 31.2 Å². The lowest BCUT2D eigenvalue weighted by Gasteiger charge is -2.26. The second-order valence-corrected chi connectivity index (χ2v) is 5.85. The molecule has 1 aliphatic heterocycles. The Balaban J connectivity index is 1.89. The lowest BCUT2D eigenvalue weighted by atomic mass is 10.0. The maximum Gasteiger partial charge on any atom is 0.264 e. The van der Waals surface area contributed by atoms with Crippen LogP contribution in [0.3, 0.4) is 0 Å². The largest absolute Gasteiger partial charge is 0.378 e. The number of benzene rings is 1. The number of amides is 1. The Bertz CT molecular complexity index is 597. The van der Waals surface area contributed by atoms with E-state index in [1.807, 2.05) is 16.3 Å². The van der Waals surface area contributed by atoms with E-state index in [0.717, 1.165) is 16.0 Å². The molecule has 0 aliphatic carbocycles. The van der Waals surface area contributed by atoms with Gasteiger partial charge < -0.3 is 9.64 Å². The maximum absolute atomic E-state index is 12.6. The zero-order valence-electron chi connectivity index (χ0n) is 11.5. The predicted octanol–water partition coefficient (Wildman–Crippen LogP) is 3.20. The van der Waals surface area contributed by atoms with Gasteiger partial charge in [0.1, 0.15) is 0 Å². The molecular weight excluding hydrogens is 270 g/mol. The molecule has 0 bridgehead atoms. The molecule has 0 N–H and O–H groups in total. The van der Waals surface area contributed by atoms with Crippen LogP contribution in [0.15, 0.2) is 35.7 Å². The molecule has 20 heavy (non-hydrogen) atoms. The highest BCUT2D eigenvalue weighted by molar-refractivity contribution is 7.12. The van der Waals surface area contributed by atoms with Crippen molar-refractivity contribution in [3.8, 4) is 11.1 Å². The summed E-state index contributed by atoms with van der Waals surface area (Å²) in [7, 11) is 0. The molecule has 104 valence electrons. The quantitative estimate of drug-likeness (QED) is 0.849. The minimum absolute atomic E-state index is 0.124. The molecule has 2 aromatic rings. The number of morpholine rings is 1. The summed E-state index contributed by atoms with van der Waals surface area (Å²) in [6.07, 6.45) is 0. The van der Waals surface area contributed by atoms with Gasteiger partial charge in [-0.1, -0.05) is 29.8 Å². The van der Waals surface area contributed by atoms with Crippen LogP contribution in [0.25, 0.3) is 11.1 Å². The van der Waals surface area contributed by atoms with Gasteiger partial charge in [0.05, 0.1) is 18.1 Å². The minimum atomic E-state index is 0.124. The Morgan fingerprint density at radius 2 is 1.85 bits per heavy atom. The first-order valence-corrected chi connectivity index (χ1v) is 7.65. The monoisotopic (exact) mass is 287 g/mol. The van der Waals surface area contributed by atoms with E-state index >= 15 is 0 Å². The molecule has 1 aromatic heterocycles. The average molecular weight is 287 g/mol. The van der Waals surface area contributed by atoms with E-state index in [9.17, 15) is 4.79 Å². The van der Waals surface area contributed by atoms with Gasteiger partial charge in [0.15, 0.2) is 0 Å². The molecule has 0 atom stereocenters. The van der Waals surface area contributed by atoms with E-state index in [1.54, 1.807) is 0 Å². The molecular formula is C16H17NO2S. The fraction of sp³-hybridized carbons (Fsp3) is 0.312. The fourth-order valence-corrected chi connectivity index (χ4v) is 3.23. The van der Waals surface area contributed by atoms with E-state index < -0.39 is 0 Å². The first-order chi connectivity index (χ1) is 9.75. The Morgan fingerprint density at radius 3 is 2.55 bits per heavy atom. The van der Waals surface area contributed by atoms with Crippen molar-refractivity contribution in [3.63, 3.8) is 0 Å². The smallest absolute Gasteiger partial charge is 0.264 e. The summed E-state index contributed by atoms with van der Waals surface area (Å²) in [5, 5.41) is 1.99. The number of aryl methyl sites for hydroxylation is 1. The van der Waals surface area contributed by atoms with Gasteiger partial charge >= 0.3 is 0 Å². The Labute approximate surface area is 122 Å². The number of thiophene rings is 1. The third-order valence-corrected chi connectivity index (χ3v) is 4.42. The second kappa shape index (κ2) is 5.77. The summed E-state index contributed by atoms with van der Waals surface area (Å²) in [6.45, 7) is 4.71. The summed E-state index contributed by atoms with van der Waals surface area (Å²) < 4.78 is 5.30. The number of nitrogens with zero attached hydrogens (tertiary/aromatic N) is 1. The minimum Gasteiger partial charge on any atom is -0.378 e. The summed E-state index contributed by atoms with van der Waals surface area (Å²) in [5.41, 5.74) is 3.37. The van der Waals surface area contributed by atoms with Crippen LogP contribution in [0.2, 0.25) is 0 Å². The molecule has 0 unspecified atom stereocenters. The summed E-state index contributed by atoms with van der Waals surface area (Å²) >= 11 is 1.52. The SMILES string of the molecule is Cc1ccc(-c2ccsc2C(=O)N2CCOCC2)cc1. The van der Waals surface area contributed by atoms with Crippen molar-refractivity contribution < 1.29 is 9.53 Å². The topological polar surface area (TPSA) is 29.5 Å². The number of hydrogen-bond acceptors (Lipinski definition) is 3. The van der Waals surface area contributed by atoms with Gasteiger partial charge in [-0.05, 0) is 23.9 Å². The van der Waals surface area contributed by atoms with Gasteiger partial charge in [0.25, 0.3) is 5.91 Å². The molecule has 0 spiro atoms. The molecule has 0 saturated carbocycles. The zero-order valence-corrected chi connectivity index (χ0v) is 12.3. The number of carbonyl (C=O) groups excluding carboxylic acids is 1. The van der Waals surface area contributed by atoms with Crippen molar-refractivity contribution in [1.29, 1.82) is 0 Å². The van der Waals surface area contributed by atoms with Crippen LogP contribution in [-0.4, -0.2) is 37.1 Å². The maximum atomic E-state index is 12.6. The van der Waals surface area contributed by atoms with Crippen LogP contribution >= 0.6 is 11.3 Å². The lowest BCUT2D eigenvalue weighted by molar-refractivity contribution is 0.0306. The number of ether oxygens (including phenoxy) is 1. The van der Waals surface area contributed by atoms with Crippen LogP contribution in [0, 0.1) is 6.92 Å². The summed E-state index contributed by atoms with van der Waals surface area (Å²) in [4.78, 5) is 15.3. The molecule has 1 amide bonds. The highest BCUT2D eigenvalue weighted by Gasteiger charge is 2.22. The van der Waals surface area contributed by atoms with Gasteiger partial charge in [0, 0.05) is 18.7 Å². The summed E-state index contributed by atoms with van der Waals surface area (Å²) in [6, 6.07) is 10.3. The van der Waals surface area contributed by atoms with Crippen molar-refractivity contribution in [3.05, 3.63) is 46.2 Å². The third kappa shape index (κ3) is 2.62. The molecule has 1 fully saturated rings. The van der Waals surface area contributed by atoms with Crippen LogP contribution in [0.5, 0.6) is 0 Å². The molecule has 2 heterocycles. The molecule has 1 saturated heterocycles. The molecule has 1 aromatic carbocycles. The van der Waals surface area contributed by atoms with Crippen molar-refractivity contribution in [2.75, 3.05) is 26.3 Å². The van der Waals surface area contributed by atoms with Crippen molar-refractivity contribution in [2.24, 2.45) is 0 Å². The lowest BCUT2D eigenvalue weighted by Crippen LogP contribution is -2.40. The molecule has 1 aliphatic rings. The Hall–Kier alpha value is -1.65. The molecule has 3 rings (SSSR count). The molecule has 0 radical (unpaired) electrons. The van der Waals surface area contributed by atoms with Crippen LogP contribution < -0.4 is 0 Å². The third-order valence-electron chi connectivity index (χ3n) is 3.52. The highest BCUT2D eigenvalue weighted by atomic mass is 32.1. The van der Waals surface area contributed by atoms with E-state index in [4.69, 9.17) is 4.74 Å². The van der Waals surface area contributed by atoms with Gasteiger partial charge in [-0.3, -0.25) is 4.79 Å². The van der Waals surface area contributed by atoms with Crippen LogP contribution in [0.1, 0.15) is 15.2 Å². The predicted molar refractivity (Wildman–Crippen MR) is 81.2 cm³/mol. The zero-order chi connectivity index (χ0) is 13.9. The average Bonchev–Trinajstić information content (AvgIpc) is 2.97. The summed E-state index contributed by atoms with van der Waals surface area (Å²) in [5.74, 6) is 0.124. The van der Waals surface area contributed by atoms with Gasteiger partial charge in [0.2, 0.25) is 0 Å². The first-order valence-electron chi connectivity index (χ1n) is 6.77. The Morgan fingerprint density at radius 1 is 1.15 bits per heavy atom. The van der Waals surface area contributed by atoms with Crippen LogP contribution in [-0.2, 0) is 4.74 Å². The first kappa shape index (κ1) is 13.3. The van der Waals surface area contributed by atoms with Crippen molar-refractivity contribution in [1.82, 2.24) is 4.90 Å². The van der Waals surface area contributed by atoms with Gasteiger partial charge in [-0.2, -0.15) is 0 Å². The van der Waals surface area contributed by atoms with Gasteiger partial charge in [-0.25, -0.2) is 0 Å². The standard InChI is InChI=1S/C16H17NO2S/c1-12-2-4-13(5-3-12)14-6-11-20-15(14)16(18)17-7-9-19-10-8-17/h2-6,11H,7-10H2,1H3. The Kier molecular flexibility index (Phi) is 3.85. The second-order valence-electron chi connectivity index (χ2n) is 4.93. The number of rotatable bonds is 2. The van der Waals surface area contributed by atoms with E-state index in [0.29, 0.717) is 26.3 Å². The fourth-order valence-electron chi connectivity index (χ4n) is 2.35. The van der Waals surface area contributed by atoms with Crippen LogP contribution in [0.4, 0.5) is 0 Å². The van der Waals surface area contributed by atoms with E-state index in [-0.39, 0.29) is 5.91 Å². The number of hydrogen-bond donors (Lipinski definition) is 0. The highest BCUT2D eigenvalue weighted by Crippen LogP contribution is 2.29. The molecule has 4 heteroatoms. The molecule has 3 nitrogen and oxygen atoms in total. The van der Waals surface area contributed by atoms with Gasteiger partial charge in [-0.15, -0.1) is 11.3 Å². The van der Waals surface area contributed by atoms with E-state index in [1.165, 1.54) is 16.9 Å². The normalized spacial score (nSPS) is 15.3. The van der Waals surface area contributed by atoms with Crippen molar-refractivity contribution >= 4 is 17.2 Å².